The van der Waals surface area contributed by atoms with Crippen LogP contribution in [-0.4, -0.2) is 24.5 Å². The second kappa shape index (κ2) is 8.87. The summed E-state index contributed by atoms with van der Waals surface area (Å²) in [4.78, 5) is 24.1. The number of carbonyl (C=O) groups excluding carboxylic acids is 2. The van der Waals surface area contributed by atoms with Gasteiger partial charge in [0.25, 0.3) is 11.8 Å². The highest BCUT2D eigenvalue weighted by Gasteiger charge is 2.16. The Morgan fingerprint density at radius 2 is 1.76 bits per heavy atom. The second-order valence-electron chi connectivity index (χ2n) is 5.85. The number of nitrogens with one attached hydrogen (secondary N) is 2. The molecular formula is C20H24N2O3. The number of anilines is 1. The summed E-state index contributed by atoms with van der Waals surface area (Å²) in [5, 5.41) is 5.61. The van der Waals surface area contributed by atoms with E-state index >= 15 is 0 Å². The first kappa shape index (κ1) is 18.5. The predicted molar refractivity (Wildman–Crippen MR) is 99.0 cm³/mol. The normalized spacial score (nSPS) is 11.5. The fourth-order valence-electron chi connectivity index (χ4n) is 2.22. The van der Waals surface area contributed by atoms with E-state index in [0.29, 0.717) is 23.5 Å². The molecule has 5 heteroatoms. The first-order valence-electron chi connectivity index (χ1n) is 8.42. The zero-order valence-corrected chi connectivity index (χ0v) is 14.8. The van der Waals surface area contributed by atoms with E-state index in [1.54, 1.807) is 31.2 Å². The van der Waals surface area contributed by atoms with Crippen molar-refractivity contribution in [3.8, 4) is 5.75 Å². The van der Waals surface area contributed by atoms with Crippen LogP contribution in [0.25, 0.3) is 0 Å². The van der Waals surface area contributed by atoms with Crippen LogP contribution in [0, 0.1) is 6.92 Å². The van der Waals surface area contributed by atoms with Crippen LogP contribution in [0.1, 0.15) is 36.2 Å². The van der Waals surface area contributed by atoms with Gasteiger partial charge in [0, 0.05) is 17.8 Å². The van der Waals surface area contributed by atoms with Gasteiger partial charge in [-0.3, -0.25) is 9.59 Å². The molecule has 25 heavy (non-hydrogen) atoms. The highest BCUT2D eigenvalue weighted by Crippen LogP contribution is 2.18. The molecule has 1 unspecified atom stereocenters. The summed E-state index contributed by atoms with van der Waals surface area (Å²) < 4.78 is 5.71. The van der Waals surface area contributed by atoms with E-state index in [2.05, 4.69) is 10.6 Å². The summed E-state index contributed by atoms with van der Waals surface area (Å²) >= 11 is 0. The molecule has 1 atom stereocenters. The lowest BCUT2D eigenvalue weighted by Crippen LogP contribution is -2.30. The van der Waals surface area contributed by atoms with Crippen molar-refractivity contribution in [2.24, 2.45) is 0 Å². The van der Waals surface area contributed by atoms with E-state index in [9.17, 15) is 9.59 Å². The second-order valence-corrected chi connectivity index (χ2v) is 5.85. The van der Waals surface area contributed by atoms with E-state index in [1.807, 2.05) is 38.1 Å². The van der Waals surface area contributed by atoms with Gasteiger partial charge >= 0.3 is 0 Å². The molecule has 0 bridgehead atoms. The van der Waals surface area contributed by atoms with E-state index < -0.39 is 6.10 Å². The van der Waals surface area contributed by atoms with Gasteiger partial charge in [-0.15, -0.1) is 0 Å². The molecule has 0 fully saturated rings. The summed E-state index contributed by atoms with van der Waals surface area (Å²) in [6, 6.07) is 14.4. The molecule has 0 spiro atoms. The lowest BCUT2D eigenvalue weighted by atomic mass is 10.2. The molecule has 2 rings (SSSR count). The Hall–Kier alpha value is -2.82. The van der Waals surface area contributed by atoms with Crippen LogP contribution < -0.4 is 15.4 Å². The van der Waals surface area contributed by atoms with Crippen LogP contribution in [0.15, 0.2) is 48.5 Å². The summed E-state index contributed by atoms with van der Waals surface area (Å²) in [5.74, 6) is 0.329. The Morgan fingerprint density at radius 1 is 1.08 bits per heavy atom. The minimum Gasteiger partial charge on any atom is -0.481 e. The number of para-hydroxylation sites is 1. The lowest BCUT2D eigenvalue weighted by molar-refractivity contribution is -0.122. The standard InChI is InChI=1S/C20H24N2O3/c1-4-13-21-20(24)16-9-11-17(12-10-16)22-19(23)15(3)25-18-8-6-5-7-14(18)2/h5-12,15H,4,13H2,1-3H3,(H,21,24)(H,22,23). The first-order chi connectivity index (χ1) is 12.0. The Labute approximate surface area is 148 Å². The zero-order valence-electron chi connectivity index (χ0n) is 14.8. The van der Waals surface area contributed by atoms with Gasteiger partial charge in [-0.1, -0.05) is 25.1 Å². The topological polar surface area (TPSA) is 67.4 Å². The molecule has 0 aromatic heterocycles. The van der Waals surface area contributed by atoms with Crippen molar-refractivity contribution in [1.82, 2.24) is 5.32 Å². The molecule has 2 N–H and O–H groups in total. The summed E-state index contributed by atoms with van der Waals surface area (Å²) in [7, 11) is 0. The Morgan fingerprint density at radius 3 is 2.40 bits per heavy atom. The maximum Gasteiger partial charge on any atom is 0.265 e. The van der Waals surface area contributed by atoms with Gasteiger partial charge in [-0.05, 0) is 56.2 Å². The van der Waals surface area contributed by atoms with E-state index in [0.717, 1.165) is 12.0 Å². The van der Waals surface area contributed by atoms with Crippen LogP contribution in [0.4, 0.5) is 5.69 Å². The van der Waals surface area contributed by atoms with Crippen LogP contribution in [-0.2, 0) is 4.79 Å². The van der Waals surface area contributed by atoms with Gasteiger partial charge < -0.3 is 15.4 Å². The van der Waals surface area contributed by atoms with Gasteiger partial charge in [0.05, 0.1) is 0 Å². The summed E-state index contributed by atoms with van der Waals surface area (Å²) in [6.45, 7) is 6.28. The Kier molecular flexibility index (Phi) is 6.57. The minimum absolute atomic E-state index is 0.115. The maximum atomic E-state index is 12.3. The molecule has 0 aliphatic heterocycles. The van der Waals surface area contributed by atoms with Gasteiger partial charge in [0.1, 0.15) is 5.75 Å². The average Bonchev–Trinajstić information content (AvgIpc) is 2.62. The van der Waals surface area contributed by atoms with Gasteiger partial charge in [0.2, 0.25) is 0 Å². The van der Waals surface area contributed by atoms with Crippen LogP contribution >= 0.6 is 0 Å². The monoisotopic (exact) mass is 340 g/mol. The average molecular weight is 340 g/mol. The van der Waals surface area contributed by atoms with Crippen LogP contribution in [0.5, 0.6) is 5.75 Å². The number of carbonyl (C=O) groups is 2. The van der Waals surface area contributed by atoms with Crippen molar-refractivity contribution < 1.29 is 14.3 Å². The number of hydrogen-bond donors (Lipinski definition) is 2. The summed E-state index contributed by atoms with van der Waals surface area (Å²) in [5.41, 5.74) is 2.16. The molecule has 0 aliphatic carbocycles. The number of amides is 2. The zero-order chi connectivity index (χ0) is 18.2. The van der Waals surface area contributed by atoms with Crippen molar-refractivity contribution in [1.29, 1.82) is 0 Å². The van der Waals surface area contributed by atoms with Crippen molar-refractivity contribution in [2.45, 2.75) is 33.3 Å². The minimum atomic E-state index is -0.631. The molecule has 0 saturated heterocycles. The molecule has 0 saturated carbocycles. The molecule has 2 aromatic rings. The molecule has 132 valence electrons. The third-order valence-electron chi connectivity index (χ3n) is 3.72. The SMILES string of the molecule is CCCNC(=O)c1ccc(NC(=O)C(C)Oc2ccccc2C)cc1. The van der Waals surface area contributed by atoms with Crippen molar-refractivity contribution in [3.05, 3.63) is 59.7 Å². The Bertz CT molecular complexity index is 726. The maximum absolute atomic E-state index is 12.3. The number of benzene rings is 2. The fraction of sp³-hybridized carbons (Fsp3) is 0.300. The summed E-state index contributed by atoms with van der Waals surface area (Å²) in [6.07, 6.45) is 0.257. The fourth-order valence-corrected chi connectivity index (χ4v) is 2.22. The van der Waals surface area contributed by atoms with Crippen molar-refractivity contribution in [3.63, 3.8) is 0 Å². The van der Waals surface area contributed by atoms with Gasteiger partial charge in [-0.2, -0.15) is 0 Å². The van der Waals surface area contributed by atoms with E-state index in [-0.39, 0.29) is 11.8 Å². The largest absolute Gasteiger partial charge is 0.481 e. The molecule has 0 radical (unpaired) electrons. The van der Waals surface area contributed by atoms with E-state index in [1.165, 1.54) is 0 Å². The quantitative estimate of drug-likeness (QED) is 0.810. The lowest BCUT2D eigenvalue weighted by Gasteiger charge is -2.16. The Balaban J connectivity index is 1.93. The van der Waals surface area contributed by atoms with Crippen LogP contribution in [0.2, 0.25) is 0 Å². The van der Waals surface area contributed by atoms with Crippen LogP contribution in [0.3, 0.4) is 0 Å². The third kappa shape index (κ3) is 5.35. The number of aryl methyl sites for hydroxylation is 1. The highest BCUT2D eigenvalue weighted by atomic mass is 16.5. The number of hydrogen-bond acceptors (Lipinski definition) is 3. The first-order valence-corrected chi connectivity index (χ1v) is 8.42. The number of ether oxygens (including phenoxy) is 1. The van der Waals surface area contributed by atoms with Gasteiger partial charge in [-0.25, -0.2) is 0 Å². The van der Waals surface area contributed by atoms with Crippen molar-refractivity contribution >= 4 is 17.5 Å². The molecular weight excluding hydrogens is 316 g/mol. The van der Waals surface area contributed by atoms with Crippen molar-refractivity contribution in [2.75, 3.05) is 11.9 Å². The molecule has 5 nitrogen and oxygen atoms in total. The molecule has 0 aliphatic rings. The smallest absolute Gasteiger partial charge is 0.265 e. The molecule has 2 amide bonds. The predicted octanol–water partition coefficient (Wildman–Crippen LogP) is 3.54. The van der Waals surface area contributed by atoms with Gasteiger partial charge in [0.15, 0.2) is 6.10 Å². The third-order valence-corrected chi connectivity index (χ3v) is 3.72. The number of rotatable bonds is 7. The highest BCUT2D eigenvalue weighted by molar-refractivity contribution is 5.96. The molecule has 0 heterocycles. The van der Waals surface area contributed by atoms with E-state index in [4.69, 9.17) is 4.74 Å². The molecule has 2 aromatic carbocycles.